The summed E-state index contributed by atoms with van der Waals surface area (Å²) < 4.78 is 18.5. The Kier molecular flexibility index (Phi) is 3.21. The Bertz CT molecular complexity index is 578. The molecule has 4 nitrogen and oxygen atoms in total. The number of nitrogens with zero attached hydrogens (tertiary/aromatic N) is 1. The van der Waals surface area contributed by atoms with Gasteiger partial charge in [0.1, 0.15) is 5.82 Å². The molecular weight excluding hydrogens is 245 g/mol. The molecular formula is C14H16FN3O. The number of aromatic nitrogens is 2. The molecule has 2 N–H and O–H groups in total. The highest BCUT2D eigenvalue weighted by Crippen LogP contribution is 2.24. The predicted molar refractivity (Wildman–Crippen MR) is 70.4 cm³/mol. The monoisotopic (exact) mass is 261 g/mol. The first-order valence-electron chi connectivity index (χ1n) is 6.37. The van der Waals surface area contributed by atoms with Crippen LogP contribution in [0.15, 0.2) is 24.4 Å². The highest BCUT2D eigenvalue weighted by atomic mass is 19.1. The van der Waals surface area contributed by atoms with Crippen molar-refractivity contribution in [2.75, 3.05) is 7.11 Å². The first-order chi connectivity index (χ1) is 9.26. The SMILES string of the molecule is COc1ccc(-c2cnc(CNC3CC3)[nH]2)cc1F. The van der Waals surface area contributed by atoms with Gasteiger partial charge in [-0.2, -0.15) is 0 Å². The second-order valence-electron chi connectivity index (χ2n) is 4.75. The van der Waals surface area contributed by atoms with Gasteiger partial charge >= 0.3 is 0 Å². The van der Waals surface area contributed by atoms with Crippen LogP contribution in [-0.4, -0.2) is 23.1 Å². The molecule has 0 bridgehead atoms. The largest absolute Gasteiger partial charge is 0.494 e. The molecule has 1 aliphatic carbocycles. The third-order valence-electron chi connectivity index (χ3n) is 3.23. The number of halogens is 1. The Morgan fingerprint density at radius 1 is 1.47 bits per heavy atom. The van der Waals surface area contributed by atoms with Crippen molar-refractivity contribution < 1.29 is 9.13 Å². The average Bonchev–Trinajstić information content (AvgIpc) is 3.13. The third kappa shape index (κ3) is 2.76. The Balaban J connectivity index is 1.75. The highest BCUT2D eigenvalue weighted by Gasteiger charge is 2.20. The van der Waals surface area contributed by atoms with Gasteiger partial charge in [0.15, 0.2) is 11.6 Å². The molecule has 1 heterocycles. The molecule has 0 unspecified atom stereocenters. The molecule has 0 radical (unpaired) electrons. The fraction of sp³-hybridized carbons (Fsp3) is 0.357. The highest BCUT2D eigenvalue weighted by molar-refractivity contribution is 5.59. The van der Waals surface area contributed by atoms with E-state index in [0.717, 1.165) is 23.6 Å². The van der Waals surface area contributed by atoms with E-state index in [2.05, 4.69) is 15.3 Å². The lowest BCUT2D eigenvalue weighted by Crippen LogP contribution is -2.16. The van der Waals surface area contributed by atoms with Crippen LogP contribution in [0.5, 0.6) is 5.75 Å². The van der Waals surface area contributed by atoms with Crippen LogP contribution in [0.2, 0.25) is 0 Å². The number of H-pyrrole nitrogens is 1. The zero-order valence-corrected chi connectivity index (χ0v) is 10.7. The van der Waals surface area contributed by atoms with Gasteiger partial charge < -0.3 is 15.0 Å². The molecule has 100 valence electrons. The lowest BCUT2D eigenvalue weighted by molar-refractivity contribution is 0.386. The Morgan fingerprint density at radius 3 is 3.00 bits per heavy atom. The minimum atomic E-state index is -0.368. The maximum absolute atomic E-state index is 13.6. The summed E-state index contributed by atoms with van der Waals surface area (Å²) in [4.78, 5) is 7.49. The summed E-state index contributed by atoms with van der Waals surface area (Å²) >= 11 is 0. The molecule has 1 fully saturated rings. The van der Waals surface area contributed by atoms with Crippen molar-refractivity contribution in [3.8, 4) is 17.0 Å². The number of imidazole rings is 1. The lowest BCUT2D eigenvalue weighted by Gasteiger charge is -2.03. The van der Waals surface area contributed by atoms with E-state index in [1.165, 1.54) is 26.0 Å². The molecule has 2 aromatic rings. The van der Waals surface area contributed by atoms with Gasteiger partial charge in [0, 0.05) is 11.6 Å². The Morgan fingerprint density at radius 2 is 2.32 bits per heavy atom. The number of aromatic amines is 1. The molecule has 1 aromatic heterocycles. The summed E-state index contributed by atoms with van der Waals surface area (Å²) in [7, 11) is 1.45. The summed E-state index contributed by atoms with van der Waals surface area (Å²) in [5, 5.41) is 3.38. The Hall–Kier alpha value is -1.88. The van der Waals surface area contributed by atoms with Crippen molar-refractivity contribution in [2.24, 2.45) is 0 Å². The summed E-state index contributed by atoms with van der Waals surface area (Å²) in [6.45, 7) is 0.725. The molecule has 1 aliphatic rings. The molecule has 1 saturated carbocycles. The van der Waals surface area contributed by atoms with Crippen molar-refractivity contribution in [2.45, 2.75) is 25.4 Å². The van der Waals surface area contributed by atoms with Crippen LogP contribution in [0.1, 0.15) is 18.7 Å². The molecule has 0 aliphatic heterocycles. The molecule has 19 heavy (non-hydrogen) atoms. The van der Waals surface area contributed by atoms with Crippen molar-refractivity contribution in [3.63, 3.8) is 0 Å². The van der Waals surface area contributed by atoms with Gasteiger partial charge in [-0.15, -0.1) is 0 Å². The maximum Gasteiger partial charge on any atom is 0.165 e. The van der Waals surface area contributed by atoms with Gasteiger partial charge in [-0.05, 0) is 31.0 Å². The van der Waals surface area contributed by atoms with Crippen molar-refractivity contribution in [1.82, 2.24) is 15.3 Å². The summed E-state index contributed by atoms with van der Waals surface area (Å²) in [5.74, 6) is 0.754. The minimum absolute atomic E-state index is 0.249. The summed E-state index contributed by atoms with van der Waals surface area (Å²) in [6, 6.07) is 5.53. The standard InChI is InChI=1S/C14H16FN3O/c1-19-13-5-2-9(6-11(13)15)12-7-17-14(18-12)8-16-10-3-4-10/h2,5-7,10,16H,3-4,8H2,1H3,(H,17,18). The van der Waals surface area contributed by atoms with Crippen LogP contribution in [0, 0.1) is 5.82 Å². The van der Waals surface area contributed by atoms with Crippen LogP contribution in [-0.2, 0) is 6.54 Å². The third-order valence-corrected chi connectivity index (χ3v) is 3.23. The molecule has 1 aromatic carbocycles. The topological polar surface area (TPSA) is 49.9 Å². The number of nitrogens with one attached hydrogen (secondary N) is 2. The van der Waals surface area contributed by atoms with Gasteiger partial charge in [0.25, 0.3) is 0 Å². The average molecular weight is 261 g/mol. The van der Waals surface area contributed by atoms with E-state index < -0.39 is 0 Å². The molecule has 0 saturated heterocycles. The van der Waals surface area contributed by atoms with Crippen LogP contribution in [0.3, 0.4) is 0 Å². The number of hydrogen-bond donors (Lipinski definition) is 2. The molecule has 5 heteroatoms. The summed E-state index contributed by atoms with van der Waals surface area (Å²) in [6.07, 6.45) is 4.22. The number of rotatable bonds is 5. The number of methoxy groups -OCH3 is 1. The van der Waals surface area contributed by atoms with Crippen molar-refractivity contribution in [3.05, 3.63) is 36.0 Å². The molecule has 0 spiro atoms. The van der Waals surface area contributed by atoms with Gasteiger partial charge in [0.05, 0.1) is 25.5 Å². The number of hydrogen-bond acceptors (Lipinski definition) is 3. The van der Waals surface area contributed by atoms with E-state index in [-0.39, 0.29) is 11.6 Å². The van der Waals surface area contributed by atoms with Crippen LogP contribution in [0.25, 0.3) is 11.3 Å². The molecule has 0 atom stereocenters. The smallest absolute Gasteiger partial charge is 0.165 e. The second kappa shape index (κ2) is 5.01. The number of benzene rings is 1. The molecule has 0 amide bonds. The van der Waals surface area contributed by atoms with E-state index in [9.17, 15) is 4.39 Å². The fourth-order valence-corrected chi connectivity index (χ4v) is 1.96. The zero-order chi connectivity index (χ0) is 13.2. The van der Waals surface area contributed by atoms with E-state index >= 15 is 0 Å². The van der Waals surface area contributed by atoms with E-state index in [1.54, 1.807) is 12.3 Å². The van der Waals surface area contributed by atoms with Crippen molar-refractivity contribution >= 4 is 0 Å². The first-order valence-corrected chi connectivity index (χ1v) is 6.37. The molecule has 3 rings (SSSR count). The fourth-order valence-electron chi connectivity index (χ4n) is 1.96. The van der Waals surface area contributed by atoms with E-state index in [1.807, 2.05) is 6.07 Å². The summed E-state index contributed by atoms with van der Waals surface area (Å²) in [5.41, 5.74) is 1.58. The predicted octanol–water partition coefficient (Wildman–Crippen LogP) is 2.48. The van der Waals surface area contributed by atoms with Gasteiger partial charge in [0.2, 0.25) is 0 Å². The quantitative estimate of drug-likeness (QED) is 0.869. The zero-order valence-electron chi connectivity index (χ0n) is 10.7. The van der Waals surface area contributed by atoms with Gasteiger partial charge in [-0.1, -0.05) is 0 Å². The van der Waals surface area contributed by atoms with Crippen LogP contribution in [0.4, 0.5) is 4.39 Å². The van der Waals surface area contributed by atoms with Gasteiger partial charge in [-0.25, -0.2) is 9.37 Å². The normalized spacial score (nSPS) is 14.6. The first kappa shape index (κ1) is 12.2. The second-order valence-corrected chi connectivity index (χ2v) is 4.75. The van der Waals surface area contributed by atoms with E-state index in [0.29, 0.717) is 6.04 Å². The van der Waals surface area contributed by atoms with Crippen LogP contribution >= 0.6 is 0 Å². The Labute approximate surface area is 111 Å². The minimum Gasteiger partial charge on any atom is -0.494 e. The lowest BCUT2D eigenvalue weighted by atomic mass is 10.1. The van der Waals surface area contributed by atoms with Gasteiger partial charge in [-0.3, -0.25) is 0 Å². The number of ether oxygens (including phenoxy) is 1. The van der Waals surface area contributed by atoms with Crippen LogP contribution < -0.4 is 10.1 Å². The van der Waals surface area contributed by atoms with Crippen molar-refractivity contribution in [1.29, 1.82) is 0 Å². The van der Waals surface area contributed by atoms with E-state index in [4.69, 9.17) is 4.74 Å². The maximum atomic E-state index is 13.6.